The van der Waals surface area contributed by atoms with Gasteiger partial charge in [0.05, 0.1) is 28.5 Å². The molecular weight excluding hydrogens is 314 g/mol. The lowest BCUT2D eigenvalue weighted by molar-refractivity contribution is -0.385. The van der Waals surface area contributed by atoms with Gasteiger partial charge in [-0.25, -0.2) is 0 Å². The van der Waals surface area contributed by atoms with E-state index in [-0.39, 0.29) is 52.5 Å². The highest BCUT2D eigenvalue weighted by atomic mass is 16.6. The summed E-state index contributed by atoms with van der Waals surface area (Å²) in [5, 5.41) is 25.2. The molecule has 4 rings (SSSR count). The van der Waals surface area contributed by atoms with Crippen molar-refractivity contribution in [2.75, 3.05) is 0 Å². The third-order valence-corrected chi connectivity index (χ3v) is 4.97. The van der Waals surface area contributed by atoms with E-state index in [1.807, 2.05) is 12.2 Å². The molecule has 2 fully saturated rings. The molecule has 2 amide bonds. The highest BCUT2D eigenvalue weighted by molar-refractivity contribution is 6.07. The monoisotopic (exact) mass is 327 g/mol. The fourth-order valence-electron chi connectivity index (χ4n) is 3.93. The molecule has 0 radical (unpaired) electrons. The molecule has 1 saturated carbocycles. The van der Waals surface area contributed by atoms with Crippen LogP contribution >= 0.6 is 0 Å². The van der Waals surface area contributed by atoms with Gasteiger partial charge in [-0.3, -0.25) is 19.7 Å². The number of aromatic hydroxyl groups is 1. The quantitative estimate of drug-likeness (QED) is 0.297. The Hall–Kier alpha value is -3.03. The summed E-state index contributed by atoms with van der Waals surface area (Å²) in [5.74, 6) is -1.48. The van der Waals surface area contributed by atoms with Crippen LogP contribution in [0.4, 0.5) is 5.69 Å². The topological polar surface area (TPSA) is 113 Å². The first-order chi connectivity index (χ1) is 11.5. The number of phenolic OH excluding ortho intramolecular Hbond substituents is 1. The van der Waals surface area contributed by atoms with Crippen molar-refractivity contribution in [3.05, 3.63) is 46.0 Å². The lowest BCUT2D eigenvalue weighted by Crippen LogP contribution is -2.28. The van der Waals surface area contributed by atoms with Crippen LogP contribution in [0, 0.1) is 33.8 Å². The number of imide groups is 1. The summed E-state index contributed by atoms with van der Waals surface area (Å²) in [4.78, 5) is 35.3. The van der Waals surface area contributed by atoms with E-state index >= 15 is 0 Å². The molecule has 1 aromatic carbocycles. The Labute approximate surface area is 136 Å². The van der Waals surface area contributed by atoms with Gasteiger partial charge in [0.1, 0.15) is 5.75 Å². The summed E-state index contributed by atoms with van der Waals surface area (Å²) in [6.07, 6.45) is 5.85. The van der Waals surface area contributed by atoms with Crippen LogP contribution in [-0.2, 0) is 9.59 Å². The summed E-state index contributed by atoms with van der Waals surface area (Å²) in [5.41, 5.74) is -0.240. The molecule has 0 aromatic heterocycles. The molecule has 2 aliphatic carbocycles. The summed E-state index contributed by atoms with van der Waals surface area (Å²) in [6, 6.07) is 3.50. The zero-order valence-corrected chi connectivity index (χ0v) is 12.4. The number of hydrogen-bond donors (Lipinski definition) is 1. The molecule has 8 nitrogen and oxygen atoms in total. The number of rotatable bonds is 3. The third kappa shape index (κ3) is 1.96. The van der Waals surface area contributed by atoms with Crippen LogP contribution in [0.25, 0.3) is 0 Å². The van der Waals surface area contributed by atoms with E-state index in [1.54, 1.807) is 0 Å². The van der Waals surface area contributed by atoms with Gasteiger partial charge in [0.15, 0.2) is 0 Å². The lowest BCUT2D eigenvalue weighted by Gasteiger charge is -2.13. The van der Waals surface area contributed by atoms with Crippen molar-refractivity contribution in [1.29, 1.82) is 0 Å². The number of carbonyl (C=O) groups is 2. The van der Waals surface area contributed by atoms with Crippen LogP contribution in [0.2, 0.25) is 0 Å². The first kappa shape index (κ1) is 14.6. The van der Waals surface area contributed by atoms with Crippen molar-refractivity contribution in [2.45, 2.75) is 6.42 Å². The van der Waals surface area contributed by atoms with E-state index < -0.39 is 4.92 Å². The number of nitro benzene ring substituents is 1. The summed E-state index contributed by atoms with van der Waals surface area (Å²) in [7, 11) is 0. The molecule has 24 heavy (non-hydrogen) atoms. The summed E-state index contributed by atoms with van der Waals surface area (Å²) < 4.78 is 0. The minimum atomic E-state index is -0.618. The molecule has 122 valence electrons. The molecule has 1 aliphatic heterocycles. The van der Waals surface area contributed by atoms with Gasteiger partial charge in [0, 0.05) is 6.07 Å². The molecule has 8 heteroatoms. The van der Waals surface area contributed by atoms with Crippen LogP contribution in [0.3, 0.4) is 0 Å². The average Bonchev–Trinajstić information content (AvgIpc) is 3.20. The number of benzene rings is 1. The zero-order valence-electron chi connectivity index (χ0n) is 12.4. The fraction of sp³-hybridized carbons (Fsp3) is 0.312. The molecular formula is C16H13N3O5. The van der Waals surface area contributed by atoms with E-state index in [1.165, 1.54) is 12.1 Å². The minimum absolute atomic E-state index is 0.0266. The van der Waals surface area contributed by atoms with E-state index in [0.717, 1.165) is 23.7 Å². The van der Waals surface area contributed by atoms with Crippen molar-refractivity contribution < 1.29 is 19.6 Å². The maximum absolute atomic E-state index is 12.5. The van der Waals surface area contributed by atoms with Gasteiger partial charge < -0.3 is 5.11 Å². The van der Waals surface area contributed by atoms with Crippen LogP contribution in [0.15, 0.2) is 35.5 Å². The molecule has 3 aliphatic rings. The second kappa shape index (κ2) is 4.98. The second-order valence-electron chi connectivity index (χ2n) is 6.23. The number of nitrogens with zero attached hydrogens (tertiary/aromatic N) is 3. The first-order valence-electron chi connectivity index (χ1n) is 7.55. The number of allylic oxidation sites excluding steroid dienone is 2. The van der Waals surface area contributed by atoms with Crippen molar-refractivity contribution in [2.24, 2.45) is 28.8 Å². The highest BCUT2D eigenvalue weighted by Crippen LogP contribution is 2.52. The first-order valence-corrected chi connectivity index (χ1v) is 7.55. The van der Waals surface area contributed by atoms with Crippen LogP contribution in [0.1, 0.15) is 12.0 Å². The average molecular weight is 327 g/mol. The fourth-order valence-corrected chi connectivity index (χ4v) is 3.93. The van der Waals surface area contributed by atoms with Gasteiger partial charge in [-0.1, -0.05) is 12.2 Å². The number of carbonyl (C=O) groups excluding carboxylic acids is 2. The van der Waals surface area contributed by atoms with Crippen LogP contribution < -0.4 is 0 Å². The number of phenols is 1. The van der Waals surface area contributed by atoms with Crippen LogP contribution in [-0.4, -0.2) is 33.1 Å². The van der Waals surface area contributed by atoms with Crippen molar-refractivity contribution in [3.63, 3.8) is 0 Å². The number of hydrazone groups is 1. The molecule has 2 bridgehead atoms. The number of fused-ring (bicyclic) bond motifs is 5. The molecule has 1 aromatic rings. The lowest BCUT2D eigenvalue weighted by atomic mass is 9.85. The molecule has 0 spiro atoms. The van der Waals surface area contributed by atoms with Gasteiger partial charge in [-0.15, -0.1) is 0 Å². The van der Waals surface area contributed by atoms with Gasteiger partial charge >= 0.3 is 0 Å². The Morgan fingerprint density at radius 1 is 1.21 bits per heavy atom. The zero-order chi connectivity index (χ0) is 17.0. The Balaban J connectivity index is 1.64. The Bertz CT molecular complexity index is 801. The highest BCUT2D eigenvalue weighted by Gasteiger charge is 2.59. The predicted octanol–water partition coefficient (Wildman–Crippen LogP) is 1.44. The van der Waals surface area contributed by atoms with E-state index in [0.29, 0.717) is 0 Å². The smallest absolute Gasteiger partial charge is 0.278 e. The Kier molecular flexibility index (Phi) is 3.02. The Morgan fingerprint density at radius 2 is 1.83 bits per heavy atom. The normalized spacial score (nSPS) is 30.6. The van der Waals surface area contributed by atoms with E-state index in [9.17, 15) is 24.8 Å². The Morgan fingerprint density at radius 3 is 2.42 bits per heavy atom. The van der Waals surface area contributed by atoms with E-state index in [4.69, 9.17) is 0 Å². The summed E-state index contributed by atoms with van der Waals surface area (Å²) in [6.45, 7) is 0. The molecule has 1 N–H and O–H groups in total. The van der Waals surface area contributed by atoms with Crippen molar-refractivity contribution in [1.82, 2.24) is 5.01 Å². The maximum Gasteiger partial charge on any atom is 0.278 e. The standard InChI is InChI=1S/C16H13N3O5/c20-11-3-4-12(19(23)24)10(6-11)7-17-18-15(21)13-8-1-2-9(5-8)14(13)16(18)22/h1-4,6-9,13-14,20H,5H2. The largest absolute Gasteiger partial charge is 0.508 e. The maximum atomic E-state index is 12.5. The number of nitro groups is 1. The molecule has 4 atom stereocenters. The number of amides is 2. The van der Waals surface area contributed by atoms with Gasteiger partial charge in [-0.05, 0) is 30.4 Å². The minimum Gasteiger partial charge on any atom is -0.508 e. The van der Waals surface area contributed by atoms with Crippen molar-refractivity contribution >= 4 is 23.7 Å². The van der Waals surface area contributed by atoms with Gasteiger partial charge in [0.25, 0.3) is 17.5 Å². The van der Waals surface area contributed by atoms with Crippen LogP contribution in [0.5, 0.6) is 5.75 Å². The molecule has 1 heterocycles. The second-order valence-corrected chi connectivity index (χ2v) is 6.23. The molecule has 1 saturated heterocycles. The van der Waals surface area contributed by atoms with E-state index in [2.05, 4.69) is 5.10 Å². The molecule has 4 unspecified atom stereocenters. The van der Waals surface area contributed by atoms with Gasteiger partial charge in [-0.2, -0.15) is 10.1 Å². The predicted molar refractivity (Wildman–Crippen MR) is 81.9 cm³/mol. The third-order valence-electron chi connectivity index (χ3n) is 4.97. The van der Waals surface area contributed by atoms with Gasteiger partial charge in [0.2, 0.25) is 0 Å². The summed E-state index contributed by atoms with van der Waals surface area (Å²) >= 11 is 0. The SMILES string of the molecule is O=C1C2C3C=CC(C3)C2C(=O)N1N=Cc1cc(O)ccc1[N+](=O)[O-]. The van der Waals surface area contributed by atoms with Crippen molar-refractivity contribution in [3.8, 4) is 5.75 Å². The number of hydrogen-bond acceptors (Lipinski definition) is 6.